The lowest BCUT2D eigenvalue weighted by atomic mass is 10.0. The van der Waals surface area contributed by atoms with Crippen molar-refractivity contribution in [3.8, 4) is 0 Å². The number of hydrogen-bond donors (Lipinski definition) is 2. The average molecular weight is 196 g/mol. The lowest BCUT2D eigenvalue weighted by molar-refractivity contribution is 0.404. The minimum atomic E-state index is 0.489. The van der Waals surface area contributed by atoms with Gasteiger partial charge < -0.3 is 11.1 Å². The third kappa shape index (κ3) is 2.48. The Morgan fingerprint density at radius 3 is 2.64 bits per heavy atom. The number of hydrogen-bond acceptors (Lipinski definition) is 2. The second-order valence-electron chi connectivity index (χ2n) is 5.42. The summed E-state index contributed by atoms with van der Waals surface area (Å²) in [6.07, 6.45) is 8.07. The molecule has 82 valence electrons. The van der Waals surface area contributed by atoms with Crippen LogP contribution >= 0.6 is 0 Å². The summed E-state index contributed by atoms with van der Waals surface area (Å²) in [4.78, 5) is 0. The summed E-state index contributed by atoms with van der Waals surface area (Å²) in [7, 11) is 0. The molecule has 2 rings (SSSR count). The molecule has 0 heterocycles. The van der Waals surface area contributed by atoms with Crippen LogP contribution in [0, 0.1) is 11.3 Å². The van der Waals surface area contributed by atoms with E-state index in [1.165, 1.54) is 51.6 Å². The molecule has 0 aromatic rings. The molecule has 2 aliphatic carbocycles. The zero-order valence-electron chi connectivity index (χ0n) is 9.39. The Morgan fingerprint density at radius 1 is 1.36 bits per heavy atom. The highest BCUT2D eigenvalue weighted by atomic mass is 14.9. The van der Waals surface area contributed by atoms with E-state index >= 15 is 0 Å². The van der Waals surface area contributed by atoms with Gasteiger partial charge in [0.15, 0.2) is 0 Å². The molecule has 0 bridgehead atoms. The van der Waals surface area contributed by atoms with Gasteiger partial charge >= 0.3 is 0 Å². The van der Waals surface area contributed by atoms with Crippen LogP contribution in [0.15, 0.2) is 0 Å². The Hall–Kier alpha value is -0.0800. The highest BCUT2D eigenvalue weighted by molar-refractivity contribution is 4.93. The van der Waals surface area contributed by atoms with Gasteiger partial charge in [0, 0.05) is 12.6 Å². The van der Waals surface area contributed by atoms with Crippen molar-refractivity contribution < 1.29 is 0 Å². The monoisotopic (exact) mass is 196 g/mol. The van der Waals surface area contributed by atoms with Gasteiger partial charge in [0.25, 0.3) is 0 Å². The quantitative estimate of drug-likeness (QED) is 0.705. The molecular formula is C12H24N2. The summed E-state index contributed by atoms with van der Waals surface area (Å²) in [5.74, 6) is 0.859. The van der Waals surface area contributed by atoms with Gasteiger partial charge in [-0.3, -0.25) is 0 Å². The molecule has 2 fully saturated rings. The van der Waals surface area contributed by atoms with Gasteiger partial charge in [0.05, 0.1) is 0 Å². The van der Waals surface area contributed by atoms with Gasteiger partial charge in [-0.15, -0.1) is 0 Å². The van der Waals surface area contributed by atoms with E-state index in [1.807, 2.05) is 0 Å². The number of rotatable bonds is 5. The zero-order valence-corrected chi connectivity index (χ0v) is 9.39. The van der Waals surface area contributed by atoms with Crippen molar-refractivity contribution in [2.45, 2.75) is 51.5 Å². The Balaban J connectivity index is 1.59. The zero-order chi connectivity index (χ0) is 10.0. The van der Waals surface area contributed by atoms with Crippen LogP contribution in [0.2, 0.25) is 0 Å². The fourth-order valence-electron chi connectivity index (χ4n) is 2.67. The van der Waals surface area contributed by atoms with Crippen LogP contribution in [0.1, 0.15) is 45.4 Å². The topological polar surface area (TPSA) is 38.0 Å². The third-order valence-electron chi connectivity index (χ3n) is 4.22. The van der Waals surface area contributed by atoms with Crippen LogP contribution in [-0.2, 0) is 0 Å². The van der Waals surface area contributed by atoms with Gasteiger partial charge in [-0.25, -0.2) is 0 Å². The van der Waals surface area contributed by atoms with E-state index in [0.29, 0.717) is 11.5 Å². The standard InChI is InChI=1S/C12H24N2/c1-2-12(5-6-12)9-14-8-10-3-4-11(13)7-10/h10-11,14H,2-9,13H2,1H3. The van der Waals surface area contributed by atoms with Crippen molar-refractivity contribution in [1.29, 1.82) is 0 Å². The predicted octanol–water partition coefficient (Wildman–Crippen LogP) is 1.89. The maximum atomic E-state index is 5.89. The van der Waals surface area contributed by atoms with E-state index in [1.54, 1.807) is 0 Å². The highest BCUT2D eigenvalue weighted by Gasteiger charge is 2.40. The van der Waals surface area contributed by atoms with E-state index in [-0.39, 0.29) is 0 Å². The fourth-order valence-corrected chi connectivity index (χ4v) is 2.67. The van der Waals surface area contributed by atoms with Crippen LogP contribution in [0.4, 0.5) is 0 Å². The number of nitrogens with two attached hydrogens (primary N) is 1. The molecule has 2 saturated carbocycles. The van der Waals surface area contributed by atoms with Crippen LogP contribution in [0.3, 0.4) is 0 Å². The average Bonchev–Trinajstić information content (AvgIpc) is 2.84. The Kier molecular flexibility index (Phi) is 3.13. The molecule has 0 radical (unpaired) electrons. The third-order valence-corrected chi connectivity index (χ3v) is 4.22. The minimum absolute atomic E-state index is 0.489. The lowest BCUT2D eigenvalue weighted by Crippen LogP contribution is -2.28. The van der Waals surface area contributed by atoms with Crippen LogP contribution in [-0.4, -0.2) is 19.1 Å². The van der Waals surface area contributed by atoms with Gasteiger partial charge in [-0.05, 0) is 56.4 Å². The molecule has 0 aromatic heterocycles. The second-order valence-corrected chi connectivity index (χ2v) is 5.42. The van der Waals surface area contributed by atoms with Gasteiger partial charge in [0.2, 0.25) is 0 Å². The van der Waals surface area contributed by atoms with Crippen molar-refractivity contribution >= 4 is 0 Å². The summed E-state index contributed by atoms with van der Waals surface area (Å²) in [5, 5.41) is 3.65. The van der Waals surface area contributed by atoms with Gasteiger partial charge in [-0.1, -0.05) is 6.92 Å². The van der Waals surface area contributed by atoms with Crippen LogP contribution in [0.5, 0.6) is 0 Å². The molecule has 2 heteroatoms. The first-order chi connectivity index (χ1) is 6.74. The molecule has 2 unspecified atom stereocenters. The second kappa shape index (κ2) is 4.19. The van der Waals surface area contributed by atoms with Gasteiger partial charge in [0.1, 0.15) is 0 Å². The molecule has 2 aliphatic rings. The Labute approximate surface area is 87.6 Å². The fraction of sp³-hybridized carbons (Fsp3) is 1.00. The van der Waals surface area contributed by atoms with Crippen molar-refractivity contribution in [3.63, 3.8) is 0 Å². The van der Waals surface area contributed by atoms with Gasteiger partial charge in [-0.2, -0.15) is 0 Å². The van der Waals surface area contributed by atoms with E-state index in [0.717, 1.165) is 5.92 Å². The van der Waals surface area contributed by atoms with Crippen molar-refractivity contribution in [2.75, 3.05) is 13.1 Å². The predicted molar refractivity (Wildman–Crippen MR) is 60.1 cm³/mol. The molecule has 0 aliphatic heterocycles. The first-order valence-corrected chi connectivity index (χ1v) is 6.20. The van der Waals surface area contributed by atoms with E-state index in [2.05, 4.69) is 12.2 Å². The normalized spacial score (nSPS) is 34.7. The summed E-state index contributed by atoms with van der Waals surface area (Å²) in [6, 6.07) is 0.489. The molecule has 0 saturated heterocycles. The van der Waals surface area contributed by atoms with Crippen molar-refractivity contribution in [2.24, 2.45) is 17.1 Å². The molecule has 3 N–H and O–H groups in total. The molecule has 14 heavy (non-hydrogen) atoms. The van der Waals surface area contributed by atoms with Crippen molar-refractivity contribution in [3.05, 3.63) is 0 Å². The first-order valence-electron chi connectivity index (χ1n) is 6.20. The Bertz CT molecular complexity index is 187. The summed E-state index contributed by atoms with van der Waals surface area (Å²) < 4.78 is 0. The maximum Gasteiger partial charge on any atom is 0.00420 e. The smallest absolute Gasteiger partial charge is 0.00420 e. The van der Waals surface area contributed by atoms with E-state index in [9.17, 15) is 0 Å². The summed E-state index contributed by atoms with van der Waals surface area (Å²) >= 11 is 0. The van der Waals surface area contributed by atoms with Crippen LogP contribution < -0.4 is 11.1 Å². The molecule has 0 amide bonds. The summed E-state index contributed by atoms with van der Waals surface area (Å²) in [6.45, 7) is 4.77. The summed E-state index contributed by atoms with van der Waals surface area (Å²) in [5.41, 5.74) is 6.59. The largest absolute Gasteiger partial charge is 0.328 e. The first kappa shape index (κ1) is 10.4. The molecule has 2 nitrogen and oxygen atoms in total. The molecule has 0 spiro atoms. The van der Waals surface area contributed by atoms with E-state index < -0.39 is 0 Å². The Morgan fingerprint density at radius 2 is 2.14 bits per heavy atom. The number of nitrogens with one attached hydrogen (secondary N) is 1. The SMILES string of the molecule is CCC1(CNCC2CCC(N)C2)CC1. The van der Waals surface area contributed by atoms with E-state index in [4.69, 9.17) is 5.73 Å². The van der Waals surface area contributed by atoms with Crippen LogP contribution in [0.25, 0.3) is 0 Å². The highest BCUT2D eigenvalue weighted by Crippen LogP contribution is 2.47. The molecule has 2 atom stereocenters. The molecule has 0 aromatic carbocycles. The maximum absolute atomic E-state index is 5.89. The molecular weight excluding hydrogens is 172 g/mol. The van der Waals surface area contributed by atoms with Crippen molar-refractivity contribution in [1.82, 2.24) is 5.32 Å². The lowest BCUT2D eigenvalue weighted by Gasteiger charge is -2.16. The minimum Gasteiger partial charge on any atom is -0.328 e.